The fraction of sp³-hybridized carbons (Fsp3) is 0.0714. The molecule has 3 heteroatoms. The van der Waals surface area contributed by atoms with Crippen LogP contribution in [0.1, 0.15) is 11.1 Å². The highest BCUT2D eigenvalue weighted by atomic mass is 32.2. The van der Waals surface area contributed by atoms with Crippen LogP contribution >= 0.6 is 11.8 Å². The minimum absolute atomic E-state index is 0.557. The molecule has 17 heavy (non-hydrogen) atoms. The fourth-order valence-corrected chi connectivity index (χ4v) is 2.37. The molecule has 2 aromatic carbocycles. The maximum absolute atomic E-state index is 8.72. The molecule has 0 heterocycles. The molecule has 0 amide bonds. The van der Waals surface area contributed by atoms with E-state index in [2.05, 4.69) is 18.2 Å². The average molecular weight is 240 g/mol. The highest BCUT2D eigenvalue weighted by Crippen LogP contribution is 2.28. The Labute approximate surface area is 105 Å². The first-order chi connectivity index (χ1) is 8.31. The van der Waals surface area contributed by atoms with E-state index in [-0.39, 0.29) is 0 Å². The summed E-state index contributed by atoms with van der Waals surface area (Å²) in [7, 11) is 0. The molecule has 0 bridgehead atoms. The van der Waals surface area contributed by atoms with E-state index < -0.39 is 0 Å². The number of hydrogen-bond acceptors (Lipinski definition) is 3. The van der Waals surface area contributed by atoms with Crippen molar-refractivity contribution in [2.45, 2.75) is 16.3 Å². The van der Waals surface area contributed by atoms with Crippen molar-refractivity contribution in [2.75, 3.05) is 0 Å². The Bertz CT molecular complexity index is 541. The maximum Gasteiger partial charge on any atom is 0.0991 e. The first-order valence-corrected chi connectivity index (χ1v) is 6.10. The first kappa shape index (κ1) is 11.7. The van der Waals surface area contributed by atoms with Gasteiger partial charge < -0.3 is 5.73 Å². The van der Waals surface area contributed by atoms with Crippen molar-refractivity contribution in [3.63, 3.8) is 0 Å². The molecule has 0 aliphatic rings. The van der Waals surface area contributed by atoms with Crippen LogP contribution in [0.4, 0.5) is 0 Å². The average Bonchev–Trinajstić information content (AvgIpc) is 2.40. The molecule has 0 fully saturated rings. The second kappa shape index (κ2) is 5.53. The molecule has 0 atom stereocenters. The van der Waals surface area contributed by atoms with Crippen LogP contribution < -0.4 is 5.73 Å². The predicted octanol–water partition coefficient (Wildman–Crippen LogP) is 3.17. The van der Waals surface area contributed by atoms with Crippen molar-refractivity contribution in [3.05, 3.63) is 59.7 Å². The lowest BCUT2D eigenvalue weighted by Gasteiger charge is -2.03. The van der Waals surface area contributed by atoms with Crippen molar-refractivity contribution in [1.29, 1.82) is 5.26 Å². The van der Waals surface area contributed by atoms with E-state index >= 15 is 0 Å². The van der Waals surface area contributed by atoms with E-state index in [1.54, 1.807) is 11.8 Å². The van der Waals surface area contributed by atoms with Crippen LogP contribution in [-0.2, 0) is 6.54 Å². The van der Waals surface area contributed by atoms with Crippen molar-refractivity contribution in [2.24, 2.45) is 5.73 Å². The molecular weight excluding hydrogens is 228 g/mol. The van der Waals surface area contributed by atoms with Gasteiger partial charge >= 0.3 is 0 Å². The Morgan fingerprint density at radius 1 is 1.06 bits per heavy atom. The van der Waals surface area contributed by atoms with E-state index in [1.165, 1.54) is 0 Å². The van der Waals surface area contributed by atoms with Gasteiger partial charge in [-0.2, -0.15) is 5.26 Å². The van der Waals surface area contributed by atoms with E-state index in [9.17, 15) is 0 Å². The highest BCUT2D eigenvalue weighted by Gasteiger charge is 1.99. The van der Waals surface area contributed by atoms with Crippen LogP contribution in [-0.4, -0.2) is 0 Å². The molecule has 2 N–H and O–H groups in total. The Balaban J connectivity index is 2.16. The first-order valence-electron chi connectivity index (χ1n) is 5.29. The van der Waals surface area contributed by atoms with Gasteiger partial charge in [-0.3, -0.25) is 0 Å². The molecular formula is C14H12N2S. The van der Waals surface area contributed by atoms with Crippen molar-refractivity contribution in [3.8, 4) is 6.07 Å². The molecule has 2 aromatic rings. The fourth-order valence-electron chi connectivity index (χ4n) is 1.47. The number of nitrogens with two attached hydrogens (primary N) is 1. The molecule has 84 valence electrons. The van der Waals surface area contributed by atoms with Gasteiger partial charge in [-0.25, -0.2) is 0 Å². The zero-order valence-corrected chi connectivity index (χ0v) is 10.1. The topological polar surface area (TPSA) is 49.8 Å². The standard InChI is InChI=1S/C14H12N2S/c15-9-11-4-6-13(7-5-11)17-14-3-1-2-12(8-14)10-16/h1-8H,10,16H2. The third kappa shape index (κ3) is 3.10. The molecule has 0 aliphatic carbocycles. The molecule has 2 nitrogen and oxygen atoms in total. The number of benzene rings is 2. The molecule has 0 aliphatic heterocycles. The molecule has 0 saturated heterocycles. The Kier molecular flexibility index (Phi) is 3.81. The van der Waals surface area contributed by atoms with Crippen LogP contribution in [0.3, 0.4) is 0 Å². The number of hydrogen-bond donors (Lipinski definition) is 1. The van der Waals surface area contributed by atoms with E-state index in [4.69, 9.17) is 11.0 Å². The van der Waals surface area contributed by atoms with Crippen LogP contribution in [0, 0.1) is 11.3 Å². The molecule has 0 spiro atoms. The Hall–Kier alpha value is -1.76. The maximum atomic E-state index is 8.72. The number of nitrogens with zero attached hydrogens (tertiary/aromatic N) is 1. The summed E-state index contributed by atoms with van der Waals surface area (Å²) in [6.07, 6.45) is 0. The largest absolute Gasteiger partial charge is 0.326 e. The smallest absolute Gasteiger partial charge is 0.0991 e. The van der Waals surface area contributed by atoms with Gasteiger partial charge in [0.05, 0.1) is 11.6 Å². The third-order valence-corrected chi connectivity index (χ3v) is 3.35. The van der Waals surface area contributed by atoms with Gasteiger partial charge in [0.2, 0.25) is 0 Å². The Morgan fingerprint density at radius 3 is 2.47 bits per heavy atom. The van der Waals surface area contributed by atoms with Crippen LogP contribution in [0.2, 0.25) is 0 Å². The summed E-state index contributed by atoms with van der Waals surface area (Å²) in [6, 6.07) is 17.8. The van der Waals surface area contributed by atoms with Gasteiger partial charge in [-0.15, -0.1) is 0 Å². The molecule has 0 saturated carbocycles. The van der Waals surface area contributed by atoms with Crippen molar-refractivity contribution < 1.29 is 0 Å². The quantitative estimate of drug-likeness (QED) is 0.896. The van der Waals surface area contributed by atoms with Gasteiger partial charge in [-0.1, -0.05) is 23.9 Å². The lowest BCUT2D eigenvalue weighted by atomic mass is 10.2. The van der Waals surface area contributed by atoms with Gasteiger partial charge in [0, 0.05) is 16.3 Å². The minimum atomic E-state index is 0.557. The van der Waals surface area contributed by atoms with Gasteiger partial charge in [0.25, 0.3) is 0 Å². The third-order valence-electron chi connectivity index (χ3n) is 2.35. The lowest BCUT2D eigenvalue weighted by molar-refractivity contribution is 1.06. The van der Waals surface area contributed by atoms with Crippen molar-refractivity contribution >= 4 is 11.8 Å². The molecule has 2 rings (SSSR count). The zero-order valence-electron chi connectivity index (χ0n) is 9.26. The summed E-state index contributed by atoms with van der Waals surface area (Å²) >= 11 is 1.67. The normalized spacial score (nSPS) is 9.88. The summed E-state index contributed by atoms with van der Waals surface area (Å²) in [4.78, 5) is 2.29. The number of rotatable bonds is 3. The van der Waals surface area contributed by atoms with E-state index in [0.29, 0.717) is 12.1 Å². The van der Waals surface area contributed by atoms with Crippen LogP contribution in [0.15, 0.2) is 58.3 Å². The zero-order chi connectivity index (χ0) is 12.1. The van der Waals surface area contributed by atoms with Crippen molar-refractivity contribution in [1.82, 2.24) is 0 Å². The summed E-state index contributed by atoms with van der Waals surface area (Å²) in [5.74, 6) is 0. The van der Waals surface area contributed by atoms with Gasteiger partial charge in [0.1, 0.15) is 0 Å². The second-order valence-electron chi connectivity index (χ2n) is 3.59. The second-order valence-corrected chi connectivity index (χ2v) is 4.74. The number of nitriles is 1. The molecule has 0 radical (unpaired) electrons. The molecule has 0 aromatic heterocycles. The summed E-state index contributed by atoms with van der Waals surface area (Å²) in [5, 5.41) is 8.72. The Morgan fingerprint density at radius 2 is 1.82 bits per heavy atom. The highest BCUT2D eigenvalue weighted by molar-refractivity contribution is 7.99. The van der Waals surface area contributed by atoms with E-state index in [0.717, 1.165) is 15.4 Å². The summed E-state index contributed by atoms with van der Waals surface area (Å²) < 4.78 is 0. The lowest BCUT2D eigenvalue weighted by Crippen LogP contribution is -1.95. The predicted molar refractivity (Wildman–Crippen MR) is 69.6 cm³/mol. The van der Waals surface area contributed by atoms with Crippen LogP contribution in [0.25, 0.3) is 0 Å². The summed E-state index contributed by atoms with van der Waals surface area (Å²) in [5.41, 5.74) is 7.42. The van der Waals surface area contributed by atoms with Crippen LogP contribution in [0.5, 0.6) is 0 Å². The SMILES string of the molecule is N#Cc1ccc(Sc2cccc(CN)c2)cc1. The minimum Gasteiger partial charge on any atom is -0.326 e. The van der Waals surface area contributed by atoms with Gasteiger partial charge in [0.15, 0.2) is 0 Å². The van der Waals surface area contributed by atoms with Gasteiger partial charge in [-0.05, 0) is 42.0 Å². The summed E-state index contributed by atoms with van der Waals surface area (Å²) in [6.45, 7) is 0.557. The molecule has 0 unspecified atom stereocenters. The van der Waals surface area contributed by atoms with E-state index in [1.807, 2.05) is 36.4 Å². The monoisotopic (exact) mass is 240 g/mol.